The first-order valence-corrected chi connectivity index (χ1v) is 11.0. The van der Waals surface area contributed by atoms with Crippen LogP contribution in [0.3, 0.4) is 0 Å². The molecule has 1 unspecified atom stereocenters. The molecule has 0 bridgehead atoms. The van der Waals surface area contributed by atoms with Crippen molar-refractivity contribution in [1.29, 1.82) is 0 Å². The van der Waals surface area contributed by atoms with E-state index in [0.29, 0.717) is 5.56 Å². The molecule has 0 saturated carbocycles. The molecule has 0 spiro atoms. The lowest BCUT2D eigenvalue weighted by Gasteiger charge is -2.26. The number of sulfonamides is 1. The smallest absolute Gasteiger partial charge is 0.228 e. The highest BCUT2D eigenvalue weighted by Gasteiger charge is 2.32. The molecule has 0 amide bonds. The number of sulfone groups is 1. The largest absolute Gasteiger partial charge is 0.241 e. The Bertz CT molecular complexity index is 948. The molecule has 0 aromatic heterocycles. The fourth-order valence-electron chi connectivity index (χ4n) is 2.90. The normalized spacial score (nSPS) is 19.6. The van der Waals surface area contributed by atoms with Crippen LogP contribution in [0.25, 0.3) is 0 Å². The van der Waals surface area contributed by atoms with Crippen molar-refractivity contribution in [2.45, 2.75) is 30.0 Å². The Morgan fingerprint density at radius 2 is 1.75 bits per heavy atom. The first kappa shape index (κ1) is 17.1. The molecule has 5 nitrogen and oxygen atoms in total. The highest BCUT2D eigenvalue weighted by Crippen LogP contribution is 2.29. The van der Waals surface area contributed by atoms with E-state index in [0.717, 1.165) is 17.5 Å². The van der Waals surface area contributed by atoms with Crippen LogP contribution in [0.5, 0.6) is 0 Å². The third kappa shape index (κ3) is 3.53. The Labute approximate surface area is 142 Å². The maximum Gasteiger partial charge on any atom is 0.241 e. The van der Waals surface area contributed by atoms with Crippen molar-refractivity contribution in [2.24, 2.45) is 0 Å². The van der Waals surface area contributed by atoms with E-state index in [1.54, 1.807) is 48.5 Å². The predicted molar refractivity (Wildman–Crippen MR) is 92.8 cm³/mol. The molecule has 0 radical (unpaired) electrons. The highest BCUT2D eigenvalue weighted by atomic mass is 32.2. The first-order chi connectivity index (χ1) is 11.3. The van der Waals surface area contributed by atoms with Gasteiger partial charge in [0, 0.05) is 0 Å². The number of rotatable bonds is 4. The van der Waals surface area contributed by atoms with E-state index in [-0.39, 0.29) is 16.4 Å². The Balaban J connectivity index is 1.94. The highest BCUT2D eigenvalue weighted by molar-refractivity contribution is 7.91. The van der Waals surface area contributed by atoms with Gasteiger partial charge in [-0.05, 0) is 35.2 Å². The number of hydrogen-bond acceptors (Lipinski definition) is 4. The molecule has 1 heterocycles. The summed E-state index contributed by atoms with van der Waals surface area (Å²) in [5.74, 6) is -0.275. The minimum Gasteiger partial charge on any atom is -0.228 e. The zero-order chi connectivity index (χ0) is 17.4. The summed E-state index contributed by atoms with van der Waals surface area (Å²) in [6, 6.07) is 12.9. The minimum absolute atomic E-state index is 0.0490. The van der Waals surface area contributed by atoms with E-state index >= 15 is 0 Å². The monoisotopic (exact) mass is 365 g/mol. The average molecular weight is 365 g/mol. The van der Waals surface area contributed by atoms with Crippen molar-refractivity contribution in [1.82, 2.24) is 4.72 Å². The fraction of sp³-hybridized carbons (Fsp3) is 0.294. The minimum atomic E-state index is -3.79. The van der Waals surface area contributed by atoms with Crippen LogP contribution in [0.1, 0.15) is 29.7 Å². The Morgan fingerprint density at radius 1 is 1.08 bits per heavy atom. The van der Waals surface area contributed by atoms with Gasteiger partial charge >= 0.3 is 0 Å². The van der Waals surface area contributed by atoms with Crippen molar-refractivity contribution >= 4 is 19.9 Å². The summed E-state index contributed by atoms with van der Waals surface area (Å²) in [5, 5.41) is 0. The molecule has 7 heteroatoms. The predicted octanol–water partition coefficient (Wildman–Crippen LogP) is 2.20. The molecule has 1 N–H and O–H groups in total. The van der Waals surface area contributed by atoms with E-state index in [2.05, 4.69) is 4.72 Å². The SMILES string of the molecule is CCc1ccc(S(=O)(=O)NC2CS(=O)(=O)Cc3ccccc32)cc1. The summed E-state index contributed by atoms with van der Waals surface area (Å²) in [6.07, 6.45) is 0.821. The van der Waals surface area contributed by atoms with Crippen LogP contribution in [0.15, 0.2) is 53.4 Å². The molecule has 0 saturated heterocycles. The van der Waals surface area contributed by atoms with Gasteiger partial charge in [0.15, 0.2) is 9.84 Å². The third-order valence-corrected chi connectivity index (χ3v) is 7.25. The quantitative estimate of drug-likeness (QED) is 0.901. The van der Waals surface area contributed by atoms with Gasteiger partial charge < -0.3 is 0 Å². The molecular formula is C17H19NO4S2. The van der Waals surface area contributed by atoms with Gasteiger partial charge in [0.25, 0.3) is 0 Å². The second-order valence-electron chi connectivity index (χ2n) is 5.92. The van der Waals surface area contributed by atoms with Gasteiger partial charge in [-0.15, -0.1) is 0 Å². The molecule has 24 heavy (non-hydrogen) atoms. The van der Waals surface area contributed by atoms with Crippen LogP contribution in [-0.4, -0.2) is 22.6 Å². The summed E-state index contributed by atoms with van der Waals surface area (Å²) in [7, 11) is -7.13. The standard InChI is InChI=1S/C17H19NO4S2/c1-2-13-7-9-15(10-8-13)24(21,22)18-17-12-23(19,20)11-14-5-3-4-6-16(14)17/h3-10,17-18H,2,11-12H2,1H3. The molecule has 128 valence electrons. The number of hydrogen-bond donors (Lipinski definition) is 1. The lowest BCUT2D eigenvalue weighted by atomic mass is 10.0. The Hall–Kier alpha value is -1.70. The van der Waals surface area contributed by atoms with Crippen molar-refractivity contribution in [3.8, 4) is 0 Å². The maximum absolute atomic E-state index is 12.6. The lowest BCUT2D eigenvalue weighted by Crippen LogP contribution is -2.37. The van der Waals surface area contributed by atoms with Gasteiger partial charge in [-0.2, -0.15) is 0 Å². The number of aryl methyl sites for hydroxylation is 1. The number of benzene rings is 2. The molecule has 3 rings (SSSR count). The van der Waals surface area contributed by atoms with Gasteiger partial charge in [0.2, 0.25) is 10.0 Å². The zero-order valence-electron chi connectivity index (χ0n) is 13.3. The second kappa shape index (κ2) is 6.31. The van der Waals surface area contributed by atoms with Crippen LogP contribution in [0, 0.1) is 0 Å². The topological polar surface area (TPSA) is 80.3 Å². The molecule has 1 aliphatic rings. The van der Waals surface area contributed by atoms with Crippen molar-refractivity contribution < 1.29 is 16.8 Å². The summed E-state index contributed by atoms with van der Waals surface area (Å²) in [4.78, 5) is 0.139. The molecule has 0 fully saturated rings. The fourth-order valence-corrected chi connectivity index (χ4v) is 5.85. The van der Waals surface area contributed by atoms with Gasteiger partial charge in [0.1, 0.15) is 0 Å². The molecule has 2 aromatic rings. The van der Waals surface area contributed by atoms with Crippen LogP contribution < -0.4 is 4.72 Å². The molecule has 1 aliphatic heterocycles. The van der Waals surface area contributed by atoms with Gasteiger partial charge in [-0.25, -0.2) is 21.6 Å². The maximum atomic E-state index is 12.6. The zero-order valence-corrected chi connectivity index (χ0v) is 14.9. The summed E-state index contributed by atoms with van der Waals surface area (Å²) >= 11 is 0. The van der Waals surface area contributed by atoms with Gasteiger partial charge in [-0.3, -0.25) is 0 Å². The lowest BCUT2D eigenvalue weighted by molar-refractivity contribution is 0.553. The molecule has 0 aliphatic carbocycles. The van der Waals surface area contributed by atoms with Crippen molar-refractivity contribution in [3.05, 3.63) is 65.2 Å². The molecule has 1 atom stereocenters. The summed E-state index contributed by atoms with van der Waals surface area (Å²) < 4.78 is 52.0. The summed E-state index contributed by atoms with van der Waals surface area (Å²) in [5.41, 5.74) is 2.42. The van der Waals surface area contributed by atoms with E-state index in [4.69, 9.17) is 0 Å². The van der Waals surface area contributed by atoms with E-state index < -0.39 is 25.9 Å². The van der Waals surface area contributed by atoms with Gasteiger partial charge in [-0.1, -0.05) is 43.3 Å². The second-order valence-corrected chi connectivity index (χ2v) is 9.75. The molecule has 2 aromatic carbocycles. The Kier molecular flexibility index (Phi) is 4.50. The van der Waals surface area contributed by atoms with Crippen LogP contribution in [0.2, 0.25) is 0 Å². The third-order valence-electron chi connectivity index (χ3n) is 4.17. The number of fused-ring (bicyclic) bond motifs is 1. The van der Waals surface area contributed by atoms with Gasteiger partial charge in [0.05, 0.1) is 22.4 Å². The van der Waals surface area contributed by atoms with Crippen molar-refractivity contribution in [2.75, 3.05) is 5.75 Å². The van der Waals surface area contributed by atoms with E-state index in [1.165, 1.54) is 0 Å². The van der Waals surface area contributed by atoms with E-state index in [1.807, 2.05) is 6.92 Å². The van der Waals surface area contributed by atoms with E-state index in [9.17, 15) is 16.8 Å². The Morgan fingerprint density at radius 3 is 2.42 bits per heavy atom. The molecular weight excluding hydrogens is 346 g/mol. The van der Waals surface area contributed by atoms with Crippen LogP contribution in [0.4, 0.5) is 0 Å². The first-order valence-electron chi connectivity index (χ1n) is 7.70. The average Bonchev–Trinajstić information content (AvgIpc) is 2.53. The van der Waals surface area contributed by atoms with Crippen LogP contribution >= 0.6 is 0 Å². The van der Waals surface area contributed by atoms with Crippen LogP contribution in [-0.2, 0) is 32.0 Å². The summed E-state index contributed by atoms with van der Waals surface area (Å²) in [6.45, 7) is 1.99. The van der Waals surface area contributed by atoms with Crippen molar-refractivity contribution in [3.63, 3.8) is 0 Å². The number of nitrogens with one attached hydrogen (secondary N) is 1.